The van der Waals surface area contributed by atoms with Crippen molar-refractivity contribution in [1.29, 1.82) is 0 Å². The number of hydrogen-bond donors (Lipinski definition) is 2. The van der Waals surface area contributed by atoms with Gasteiger partial charge in [0.1, 0.15) is 0 Å². The summed E-state index contributed by atoms with van der Waals surface area (Å²) < 4.78 is 0. The predicted molar refractivity (Wildman–Crippen MR) is 91.9 cm³/mol. The predicted octanol–water partition coefficient (Wildman–Crippen LogP) is 1.94. The number of hydrogen-bond acceptors (Lipinski definition) is 3. The van der Waals surface area contributed by atoms with Gasteiger partial charge in [0, 0.05) is 19.6 Å². The maximum Gasteiger partial charge on any atom is 0.240 e. The molecule has 0 spiro atoms. The summed E-state index contributed by atoms with van der Waals surface area (Å²) in [5, 5.41) is 2.96. The second-order valence-corrected chi connectivity index (χ2v) is 7.11. The van der Waals surface area contributed by atoms with Gasteiger partial charge < -0.3 is 16.0 Å². The number of unbranched alkanes of at least 4 members (excludes halogenated alkanes) is 1. The van der Waals surface area contributed by atoms with Crippen LogP contribution in [0, 0.1) is 11.3 Å². The molecule has 6 heteroatoms. The molecular weight excluding hydrogens is 302 g/mol. The van der Waals surface area contributed by atoms with Crippen molar-refractivity contribution < 1.29 is 9.59 Å². The van der Waals surface area contributed by atoms with E-state index in [-0.39, 0.29) is 35.6 Å². The van der Waals surface area contributed by atoms with Crippen LogP contribution in [0.5, 0.6) is 0 Å². The Labute approximate surface area is 140 Å². The first kappa shape index (κ1) is 21.2. The third kappa shape index (κ3) is 6.13. The Morgan fingerprint density at radius 3 is 2.55 bits per heavy atom. The molecule has 1 aliphatic heterocycles. The molecular formula is C16H32ClN3O2. The fourth-order valence-corrected chi connectivity index (χ4v) is 2.49. The van der Waals surface area contributed by atoms with Crippen LogP contribution in [0.4, 0.5) is 0 Å². The van der Waals surface area contributed by atoms with Crippen molar-refractivity contribution in [3.05, 3.63) is 0 Å². The van der Waals surface area contributed by atoms with Crippen molar-refractivity contribution in [2.24, 2.45) is 17.1 Å². The SMILES string of the molecule is CCCCNC(=O)C1CCCN(C(=O)[C@@H](N)C(C)(C)C)C1.Cl. The third-order valence-corrected chi connectivity index (χ3v) is 4.13. The molecule has 1 aliphatic rings. The van der Waals surface area contributed by atoms with Crippen LogP contribution in [0.2, 0.25) is 0 Å². The van der Waals surface area contributed by atoms with Gasteiger partial charge in [0.05, 0.1) is 12.0 Å². The quantitative estimate of drug-likeness (QED) is 0.755. The highest BCUT2D eigenvalue weighted by Gasteiger charge is 2.34. The van der Waals surface area contributed by atoms with Crippen molar-refractivity contribution in [3.8, 4) is 0 Å². The van der Waals surface area contributed by atoms with E-state index >= 15 is 0 Å². The summed E-state index contributed by atoms with van der Waals surface area (Å²) >= 11 is 0. The Bertz CT molecular complexity index is 369. The zero-order valence-corrected chi connectivity index (χ0v) is 15.2. The number of amides is 2. The topological polar surface area (TPSA) is 75.4 Å². The molecule has 0 aromatic rings. The number of halogens is 1. The highest BCUT2D eigenvalue weighted by molar-refractivity contribution is 5.85. The maximum absolute atomic E-state index is 12.4. The molecule has 5 nitrogen and oxygen atoms in total. The summed E-state index contributed by atoms with van der Waals surface area (Å²) in [6.45, 7) is 9.93. The Morgan fingerprint density at radius 1 is 1.36 bits per heavy atom. The van der Waals surface area contributed by atoms with E-state index in [4.69, 9.17) is 5.73 Å². The number of rotatable bonds is 5. The average molecular weight is 334 g/mol. The second-order valence-electron chi connectivity index (χ2n) is 7.11. The van der Waals surface area contributed by atoms with Crippen molar-refractivity contribution >= 4 is 24.2 Å². The van der Waals surface area contributed by atoms with Crippen LogP contribution in [0.3, 0.4) is 0 Å². The molecule has 0 aromatic carbocycles. The number of nitrogens with two attached hydrogens (primary N) is 1. The van der Waals surface area contributed by atoms with Crippen LogP contribution in [0.15, 0.2) is 0 Å². The minimum absolute atomic E-state index is 0. The van der Waals surface area contributed by atoms with Gasteiger partial charge in [0.15, 0.2) is 0 Å². The lowest BCUT2D eigenvalue weighted by Crippen LogP contribution is -2.54. The van der Waals surface area contributed by atoms with Gasteiger partial charge in [0.2, 0.25) is 11.8 Å². The molecule has 0 radical (unpaired) electrons. The average Bonchev–Trinajstić information content (AvgIpc) is 2.45. The van der Waals surface area contributed by atoms with Crippen molar-refractivity contribution in [1.82, 2.24) is 10.2 Å². The Morgan fingerprint density at radius 2 is 2.00 bits per heavy atom. The van der Waals surface area contributed by atoms with E-state index in [1.807, 2.05) is 20.8 Å². The zero-order chi connectivity index (χ0) is 16.0. The largest absolute Gasteiger partial charge is 0.356 e. The molecule has 3 N–H and O–H groups in total. The van der Waals surface area contributed by atoms with E-state index < -0.39 is 6.04 Å². The standard InChI is InChI=1S/C16H31N3O2.ClH/c1-5-6-9-18-14(20)12-8-7-10-19(11-12)15(21)13(17)16(2,3)4;/h12-13H,5-11,17H2,1-4H3,(H,18,20);1H/t12?,13-;/m1./s1. The van der Waals surface area contributed by atoms with Crippen molar-refractivity contribution in [2.75, 3.05) is 19.6 Å². The lowest BCUT2D eigenvalue weighted by molar-refractivity contribution is -0.138. The van der Waals surface area contributed by atoms with E-state index in [1.165, 1.54) is 0 Å². The van der Waals surface area contributed by atoms with Crippen molar-refractivity contribution in [3.63, 3.8) is 0 Å². The monoisotopic (exact) mass is 333 g/mol. The number of carbonyl (C=O) groups excluding carboxylic acids is 2. The normalized spacial score (nSPS) is 20.0. The highest BCUT2D eigenvalue weighted by Crippen LogP contribution is 2.23. The number of nitrogens with one attached hydrogen (secondary N) is 1. The molecule has 2 atom stereocenters. The first-order chi connectivity index (χ1) is 9.77. The van der Waals surface area contributed by atoms with Gasteiger partial charge in [-0.3, -0.25) is 9.59 Å². The molecule has 1 heterocycles. The molecule has 0 aromatic heterocycles. The smallest absolute Gasteiger partial charge is 0.240 e. The first-order valence-electron chi connectivity index (χ1n) is 8.09. The molecule has 2 amide bonds. The fraction of sp³-hybridized carbons (Fsp3) is 0.875. The zero-order valence-electron chi connectivity index (χ0n) is 14.4. The summed E-state index contributed by atoms with van der Waals surface area (Å²) in [6, 6.07) is -0.514. The summed E-state index contributed by atoms with van der Waals surface area (Å²) in [5.41, 5.74) is 5.80. The van der Waals surface area contributed by atoms with Gasteiger partial charge in [-0.15, -0.1) is 12.4 Å². The number of nitrogens with zero attached hydrogens (tertiary/aromatic N) is 1. The molecule has 1 fully saturated rings. The van der Waals surface area contributed by atoms with Crippen molar-refractivity contribution in [2.45, 2.75) is 59.4 Å². The fourth-order valence-electron chi connectivity index (χ4n) is 2.49. The van der Waals surface area contributed by atoms with E-state index in [1.54, 1.807) is 4.90 Å². The molecule has 130 valence electrons. The van der Waals surface area contributed by atoms with Crippen LogP contribution < -0.4 is 11.1 Å². The van der Waals surface area contributed by atoms with E-state index in [0.717, 1.165) is 32.2 Å². The number of piperidine rings is 1. The van der Waals surface area contributed by atoms with Gasteiger partial charge in [-0.1, -0.05) is 34.1 Å². The summed E-state index contributed by atoms with van der Waals surface area (Å²) in [4.78, 5) is 26.3. The number of likely N-dealkylation sites (tertiary alicyclic amines) is 1. The summed E-state index contributed by atoms with van der Waals surface area (Å²) in [7, 11) is 0. The summed E-state index contributed by atoms with van der Waals surface area (Å²) in [5.74, 6) is -0.0504. The minimum Gasteiger partial charge on any atom is -0.356 e. The highest BCUT2D eigenvalue weighted by atomic mass is 35.5. The van der Waals surface area contributed by atoms with E-state index in [0.29, 0.717) is 13.1 Å². The van der Waals surface area contributed by atoms with E-state index in [9.17, 15) is 9.59 Å². The third-order valence-electron chi connectivity index (χ3n) is 4.13. The van der Waals surface area contributed by atoms with Gasteiger partial charge >= 0.3 is 0 Å². The van der Waals surface area contributed by atoms with Crippen LogP contribution >= 0.6 is 12.4 Å². The van der Waals surface area contributed by atoms with Crippen LogP contribution in [-0.4, -0.2) is 42.4 Å². The number of carbonyl (C=O) groups is 2. The Hall–Kier alpha value is -0.810. The van der Waals surface area contributed by atoms with Gasteiger partial charge in [-0.25, -0.2) is 0 Å². The van der Waals surface area contributed by atoms with Gasteiger partial charge in [-0.2, -0.15) is 0 Å². The van der Waals surface area contributed by atoms with Crippen LogP contribution in [-0.2, 0) is 9.59 Å². The lowest BCUT2D eigenvalue weighted by atomic mass is 9.85. The molecule has 1 rings (SSSR count). The molecule has 1 saturated heterocycles. The van der Waals surface area contributed by atoms with Crippen LogP contribution in [0.1, 0.15) is 53.4 Å². The Balaban J connectivity index is 0.00000441. The molecule has 0 bridgehead atoms. The molecule has 1 unspecified atom stereocenters. The second kappa shape index (κ2) is 9.36. The van der Waals surface area contributed by atoms with Gasteiger partial charge in [-0.05, 0) is 24.7 Å². The Kier molecular flexibility index (Phi) is 9.01. The molecule has 22 heavy (non-hydrogen) atoms. The maximum atomic E-state index is 12.4. The minimum atomic E-state index is -0.514. The summed E-state index contributed by atoms with van der Waals surface area (Å²) in [6.07, 6.45) is 3.78. The lowest BCUT2D eigenvalue weighted by Gasteiger charge is -2.36. The first-order valence-corrected chi connectivity index (χ1v) is 8.09. The van der Waals surface area contributed by atoms with E-state index in [2.05, 4.69) is 12.2 Å². The molecule has 0 saturated carbocycles. The molecule has 0 aliphatic carbocycles. The van der Waals surface area contributed by atoms with Gasteiger partial charge in [0.25, 0.3) is 0 Å². The van der Waals surface area contributed by atoms with Crippen LogP contribution in [0.25, 0.3) is 0 Å².